The summed E-state index contributed by atoms with van der Waals surface area (Å²) in [6.45, 7) is 1.01. The third kappa shape index (κ3) is 3.06. The molecule has 2 aromatic heterocycles. The first-order valence-corrected chi connectivity index (χ1v) is 8.10. The molecule has 0 radical (unpaired) electrons. The largest absolute Gasteiger partial charge is 0.396 e. The molecule has 0 saturated carbocycles. The van der Waals surface area contributed by atoms with Gasteiger partial charge in [0, 0.05) is 31.0 Å². The number of pyridine rings is 2. The van der Waals surface area contributed by atoms with Gasteiger partial charge in [0.15, 0.2) is 5.82 Å². The van der Waals surface area contributed by atoms with Crippen LogP contribution in [0, 0.1) is 5.82 Å². The van der Waals surface area contributed by atoms with Crippen molar-refractivity contribution in [1.82, 2.24) is 14.9 Å². The number of nitrogens with zero attached hydrogens (tertiary/aromatic N) is 3. The molecule has 2 amide bonds. The van der Waals surface area contributed by atoms with Crippen LogP contribution in [-0.4, -0.2) is 20.9 Å². The molecule has 1 aliphatic rings. The van der Waals surface area contributed by atoms with Gasteiger partial charge in [0.25, 0.3) is 0 Å². The molecule has 130 valence electrons. The first-order valence-electron chi connectivity index (χ1n) is 8.10. The Morgan fingerprint density at radius 1 is 1.08 bits per heavy atom. The highest BCUT2D eigenvalue weighted by atomic mass is 19.1. The lowest BCUT2D eigenvalue weighted by Gasteiger charge is -2.17. The summed E-state index contributed by atoms with van der Waals surface area (Å²) in [6.07, 6.45) is 3.48. The summed E-state index contributed by atoms with van der Waals surface area (Å²) >= 11 is 0. The van der Waals surface area contributed by atoms with Crippen LogP contribution >= 0.6 is 0 Å². The van der Waals surface area contributed by atoms with Crippen LogP contribution in [0.5, 0.6) is 0 Å². The van der Waals surface area contributed by atoms with Crippen molar-refractivity contribution in [2.45, 2.75) is 13.1 Å². The molecular formula is C19H16FN5O. The Labute approximate surface area is 149 Å². The van der Waals surface area contributed by atoms with Gasteiger partial charge < -0.3 is 10.6 Å². The van der Waals surface area contributed by atoms with Gasteiger partial charge in [-0.3, -0.25) is 10.3 Å². The van der Waals surface area contributed by atoms with Crippen molar-refractivity contribution in [2.24, 2.45) is 0 Å². The molecule has 0 bridgehead atoms. The molecule has 7 heteroatoms. The number of aromatic nitrogens is 2. The molecule has 1 aliphatic heterocycles. The summed E-state index contributed by atoms with van der Waals surface area (Å²) in [5.74, 6) is -0.0354. The SMILES string of the molecule is Nc1ccc(-c2ccc(F)cc2)nc1NC(=O)N1Cc2ccncc2C1. The first kappa shape index (κ1) is 16.0. The van der Waals surface area contributed by atoms with Gasteiger partial charge >= 0.3 is 6.03 Å². The second-order valence-electron chi connectivity index (χ2n) is 6.07. The van der Waals surface area contributed by atoms with E-state index in [1.165, 1.54) is 12.1 Å². The standard InChI is InChI=1S/C19H16FN5O/c20-15-3-1-12(2-4-15)17-6-5-16(21)18(23-17)24-19(26)25-10-13-7-8-22-9-14(13)11-25/h1-9H,10-11,21H2,(H,23,24,26). The number of carbonyl (C=O) groups excluding carboxylic acids is 1. The molecule has 3 heterocycles. The number of hydrogen-bond acceptors (Lipinski definition) is 4. The minimum atomic E-state index is -0.319. The third-order valence-corrected chi connectivity index (χ3v) is 4.31. The summed E-state index contributed by atoms with van der Waals surface area (Å²) < 4.78 is 13.1. The molecule has 0 saturated heterocycles. The van der Waals surface area contributed by atoms with Gasteiger partial charge in [-0.15, -0.1) is 0 Å². The first-order chi connectivity index (χ1) is 12.6. The highest BCUT2D eigenvalue weighted by molar-refractivity contribution is 5.92. The van der Waals surface area contributed by atoms with Crippen molar-refractivity contribution in [3.8, 4) is 11.3 Å². The lowest BCUT2D eigenvalue weighted by molar-refractivity contribution is 0.212. The quantitative estimate of drug-likeness (QED) is 0.742. The number of urea groups is 1. The fraction of sp³-hybridized carbons (Fsp3) is 0.105. The fourth-order valence-corrected chi connectivity index (χ4v) is 2.90. The maximum Gasteiger partial charge on any atom is 0.323 e. The van der Waals surface area contributed by atoms with E-state index in [0.717, 1.165) is 16.7 Å². The predicted molar refractivity (Wildman–Crippen MR) is 96.5 cm³/mol. The van der Waals surface area contributed by atoms with Gasteiger partial charge in [-0.25, -0.2) is 14.2 Å². The summed E-state index contributed by atoms with van der Waals surface area (Å²) in [7, 11) is 0. The fourth-order valence-electron chi connectivity index (χ4n) is 2.90. The predicted octanol–water partition coefficient (Wildman–Crippen LogP) is 3.41. The average molecular weight is 349 g/mol. The zero-order chi connectivity index (χ0) is 18.1. The van der Waals surface area contributed by atoms with Crippen molar-refractivity contribution in [1.29, 1.82) is 0 Å². The normalized spacial score (nSPS) is 12.7. The van der Waals surface area contributed by atoms with E-state index < -0.39 is 0 Å². The molecule has 3 aromatic rings. The molecule has 26 heavy (non-hydrogen) atoms. The van der Waals surface area contributed by atoms with E-state index in [9.17, 15) is 9.18 Å². The average Bonchev–Trinajstić information content (AvgIpc) is 3.09. The summed E-state index contributed by atoms with van der Waals surface area (Å²) in [5.41, 5.74) is 9.77. The van der Waals surface area contributed by atoms with Gasteiger partial charge in [0.2, 0.25) is 0 Å². The van der Waals surface area contributed by atoms with Crippen LogP contribution < -0.4 is 11.1 Å². The molecule has 0 atom stereocenters. The summed E-state index contributed by atoms with van der Waals surface area (Å²) in [4.78, 5) is 22.7. The van der Waals surface area contributed by atoms with Crippen LogP contribution in [0.3, 0.4) is 0 Å². The van der Waals surface area contributed by atoms with Crippen LogP contribution in [0.1, 0.15) is 11.1 Å². The molecule has 0 unspecified atom stereocenters. The Morgan fingerprint density at radius 2 is 1.85 bits per heavy atom. The van der Waals surface area contributed by atoms with Gasteiger partial charge in [-0.2, -0.15) is 0 Å². The molecule has 4 rings (SSSR count). The van der Waals surface area contributed by atoms with Crippen molar-refractivity contribution >= 4 is 17.5 Å². The molecular weight excluding hydrogens is 333 g/mol. The third-order valence-electron chi connectivity index (χ3n) is 4.31. The molecule has 3 N–H and O–H groups in total. The number of amides is 2. The Balaban J connectivity index is 1.54. The number of halogens is 1. The maximum absolute atomic E-state index is 13.1. The van der Waals surface area contributed by atoms with E-state index in [-0.39, 0.29) is 17.7 Å². The lowest BCUT2D eigenvalue weighted by atomic mass is 10.1. The number of hydrogen-bond donors (Lipinski definition) is 2. The van der Waals surface area contributed by atoms with Gasteiger partial charge in [-0.1, -0.05) is 0 Å². The molecule has 0 aliphatic carbocycles. The zero-order valence-electron chi connectivity index (χ0n) is 13.8. The van der Waals surface area contributed by atoms with Crippen molar-refractivity contribution in [3.05, 3.63) is 71.8 Å². The molecule has 6 nitrogen and oxygen atoms in total. The van der Waals surface area contributed by atoms with Crippen molar-refractivity contribution in [3.63, 3.8) is 0 Å². The highest BCUT2D eigenvalue weighted by Gasteiger charge is 2.24. The van der Waals surface area contributed by atoms with E-state index in [0.29, 0.717) is 24.5 Å². The minimum Gasteiger partial charge on any atom is -0.396 e. The summed E-state index contributed by atoms with van der Waals surface area (Å²) in [6, 6.07) is 11.0. The lowest BCUT2D eigenvalue weighted by Crippen LogP contribution is -2.30. The monoisotopic (exact) mass is 349 g/mol. The molecule has 0 spiro atoms. The van der Waals surface area contributed by atoms with E-state index >= 15 is 0 Å². The van der Waals surface area contributed by atoms with E-state index in [1.807, 2.05) is 6.07 Å². The molecule has 0 fully saturated rings. The smallest absolute Gasteiger partial charge is 0.323 e. The minimum absolute atomic E-state index is 0.281. The van der Waals surface area contributed by atoms with Crippen molar-refractivity contribution < 1.29 is 9.18 Å². The Kier molecular flexibility index (Phi) is 3.96. The van der Waals surface area contributed by atoms with E-state index in [4.69, 9.17) is 5.73 Å². The Hall–Kier alpha value is -3.48. The topological polar surface area (TPSA) is 84.1 Å². The Bertz CT molecular complexity index is 949. The Morgan fingerprint density at radius 3 is 2.62 bits per heavy atom. The number of carbonyl (C=O) groups is 1. The maximum atomic E-state index is 13.1. The van der Waals surface area contributed by atoms with Gasteiger partial charge in [0.05, 0.1) is 11.4 Å². The van der Waals surface area contributed by atoms with E-state index in [2.05, 4.69) is 15.3 Å². The number of nitrogens with one attached hydrogen (secondary N) is 1. The number of nitrogens with two attached hydrogens (primary N) is 1. The number of benzene rings is 1. The van der Waals surface area contributed by atoms with Gasteiger partial charge in [0.1, 0.15) is 5.82 Å². The number of anilines is 2. The zero-order valence-corrected chi connectivity index (χ0v) is 13.8. The van der Waals surface area contributed by atoms with Crippen LogP contribution in [0.25, 0.3) is 11.3 Å². The second-order valence-corrected chi connectivity index (χ2v) is 6.07. The van der Waals surface area contributed by atoms with Crippen LogP contribution in [0.2, 0.25) is 0 Å². The van der Waals surface area contributed by atoms with Crippen LogP contribution in [-0.2, 0) is 13.1 Å². The number of rotatable bonds is 2. The summed E-state index contributed by atoms with van der Waals surface area (Å²) in [5, 5.41) is 2.76. The number of fused-ring (bicyclic) bond motifs is 1. The molecule has 1 aromatic carbocycles. The van der Waals surface area contributed by atoms with Crippen LogP contribution in [0.4, 0.5) is 20.7 Å². The number of nitrogen functional groups attached to an aromatic ring is 1. The second kappa shape index (κ2) is 6.44. The highest BCUT2D eigenvalue weighted by Crippen LogP contribution is 2.26. The van der Waals surface area contributed by atoms with Crippen LogP contribution in [0.15, 0.2) is 54.9 Å². The van der Waals surface area contributed by atoms with Gasteiger partial charge in [-0.05, 0) is 53.6 Å². The van der Waals surface area contributed by atoms with E-state index in [1.54, 1.807) is 41.6 Å². The van der Waals surface area contributed by atoms with Crippen molar-refractivity contribution in [2.75, 3.05) is 11.1 Å².